The summed E-state index contributed by atoms with van der Waals surface area (Å²) in [5.41, 5.74) is 6.88. The summed E-state index contributed by atoms with van der Waals surface area (Å²) < 4.78 is 0. The van der Waals surface area contributed by atoms with Gasteiger partial charge in [0.2, 0.25) is 5.91 Å². The minimum Gasteiger partial charge on any atom is -0.340 e. The highest BCUT2D eigenvalue weighted by Crippen LogP contribution is 2.32. The number of piperidine rings is 1. The largest absolute Gasteiger partial charge is 0.340 e. The van der Waals surface area contributed by atoms with Gasteiger partial charge in [0.25, 0.3) is 0 Å². The van der Waals surface area contributed by atoms with Crippen molar-refractivity contribution in [1.29, 1.82) is 0 Å². The molecule has 1 saturated carbocycles. The van der Waals surface area contributed by atoms with E-state index in [1.54, 1.807) is 0 Å². The van der Waals surface area contributed by atoms with Crippen LogP contribution in [0.2, 0.25) is 0 Å². The molecule has 0 radical (unpaired) electrons. The minimum atomic E-state index is 0.0927. The molecule has 2 N–H and O–H groups in total. The number of amides is 1. The van der Waals surface area contributed by atoms with Crippen molar-refractivity contribution in [3.63, 3.8) is 0 Å². The Balaban J connectivity index is 1.67. The highest BCUT2D eigenvalue weighted by Gasteiger charge is 2.36. The van der Waals surface area contributed by atoms with Gasteiger partial charge in [0.15, 0.2) is 0 Å². The molecule has 0 spiro atoms. The van der Waals surface area contributed by atoms with Crippen LogP contribution in [0.5, 0.6) is 0 Å². The van der Waals surface area contributed by atoms with E-state index < -0.39 is 0 Å². The molecule has 21 heavy (non-hydrogen) atoms. The molecule has 1 heterocycles. The standard InChI is InChI=1S/C17H25N3O/c18-11-17(21)19-10-4-7-16(13-19)20(15-8-9-15)12-14-5-2-1-3-6-14/h1-3,5-6,15-16H,4,7-13,18H2. The van der Waals surface area contributed by atoms with E-state index in [4.69, 9.17) is 5.73 Å². The van der Waals surface area contributed by atoms with E-state index in [0.717, 1.165) is 26.1 Å². The van der Waals surface area contributed by atoms with E-state index in [0.29, 0.717) is 12.1 Å². The lowest BCUT2D eigenvalue weighted by Crippen LogP contribution is -2.51. The maximum absolute atomic E-state index is 11.9. The molecule has 1 aliphatic carbocycles. The number of carbonyl (C=O) groups excluding carboxylic acids is 1. The van der Waals surface area contributed by atoms with Crippen molar-refractivity contribution in [3.05, 3.63) is 35.9 Å². The van der Waals surface area contributed by atoms with Gasteiger partial charge in [-0.25, -0.2) is 0 Å². The summed E-state index contributed by atoms with van der Waals surface area (Å²) in [5.74, 6) is 0.0927. The van der Waals surface area contributed by atoms with Crippen LogP contribution in [0.15, 0.2) is 30.3 Å². The van der Waals surface area contributed by atoms with Gasteiger partial charge in [0.05, 0.1) is 6.54 Å². The van der Waals surface area contributed by atoms with Crippen molar-refractivity contribution in [3.8, 4) is 0 Å². The number of nitrogens with two attached hydrogens (primary N) is 1. The Labute approximate surface area is 126 Å². The van der Waals surface area contributed by atoms with E-state index in [9.17, 15) is 4.79 Å². The fourth-order valence-corrected chi connectivity index (χ4v) is 3.34. The van der Waals surface area contributed by atoms with Crippen molar-refractivity contribution in [2.24, 2.45) is 5.73 Å². The maximum atomic E-state index is 11.9. The van der Waals surface area contributed by atoms with Crippen LogP contribution in [0.25, 0.3) is 0 Å². The van der Waals surface area contributed by atoms with Crippen LogP contribution in [0.1, 0.15) is 31.2 Å². The van der Waals surface area contributed by atoms with Crippen LogP contribution in [0.4, 0.5) is 0 Å². The van der Waals surface area contributed by atoms with Gasteiger partial charge < -0.3 is 10.6 Å². The zero-order valence-corrected chi connectivity index (χ0v) is 12.6. The smallest absolute Gasteiger partial charge is 0.236 e. The predicted octanol–water partition coefficient (Wildman–Crippen LogP) is 1.60. The summed E-state index contributed by atoms with van der Waals surface area (Å²) in [6.45, 7) is 2.85. The first-order chi connectivity index (χ1) is 10.3. The fourth-order valence-electron chi connectivity index (χ4n) is 3.34. The summed E-state index contributed by atoms with van der Waals surface area (Å²) >= 11 is 0. The maximum Gasteiger partial charge on any atom is 0.236 e. The van der Waals surface area contributed by atoms with Gasteiger partial charge in [0.1, 0.15) is 0 Å². The van der Waals surface area contributed by atoms with E-state index in [1.165, 1.54) is 24.8 Å². The van der Waals surface area contributed by atoms with E-state index in [1.807, 2.05) is 4.90 Å². The molecule has 0 bridgehead atoms. The molecule has 3 rings (SSSR count). The van der Waals surface area contributed by atoms with Gasteiger partial charge >= 0.3 is 0 Å². The van der Waals surface area contributed by atoms with Crippen LogP contribution in [0, 0.1) is 0 Å². The lowest BCUT2D eigenvalue weighted by molar-refractivity contribution is -0.131. The molecule has 2 aliphatic rings. The number of rotatable bonds is 5. The Morgan fingerprint density at radius 2 is 1.95 bits per heavy atom. The van der Waals surface area contributed by atoms with Crippen LogP contribution < -0.4 is 5.73 Å². The monoisotopic (exact) mass is 287 g/mol. The highest BCUT2D eigenvalue weighted by molar-refractivity contribution is 5.78. The number of benzene rings is 1. The summed E-state index contributed by atoms with van der Waals surface area (Å²) in [6.07, 6.45) is 4.88. The van der Waals surface area contributed by atoms with Crippen molar-refractivity contribution in [1.82, 2.24) is 9.80 Å². The van der Waals surface area contributed by atoms with Crippen LogP contribution in [-0.4, -0.2) is 47.4 Å². The predicted molar refractivity (Wildman–Crippen MR) is 83.7 cm³/mol. The molecule has 1 atom stereocenters. The van der Waals surface area contributed by atoms with Crippen molar-refractivity contribution >= 4 is 5.91 Å². The van der Waals surface area contributed by atoms with Gasteiger partial charge in [-0.05, 0) is 31.2 Å². The molecule has 4 nitrogen and oxygen atoms in total. The van der Waals surface area contributed by atoms with E-state index >= 15 is 0 Å². The molecule has 1 amide bonds. The molecular formula is C17H25N3O. The molecule has 1 aliphatic heterocycles. The molecule has 1 aromatic carbocycles. The normalized spacial score (nSPS) is 22.6. The lowest BCUT2D eigenvalue weighted by Gasteiger charge is -2.39. The van der Waals surface area contributed by atoms with Crippen molar-refractivity contribution < 1.29 is 4.79 Å². The topological polar surface area (TPSA) is 49.6 Å². The van der Waals surface area contributed by atoms with Gasteiger partial charge in [-0.15, -0.1) is 0 Å². The Hall–Kier alpha value is -1.39. The van der Waals surface area contributed by atoms with Crippen molar-refractivity contribution in [2.45, 2.75) is 44.3 Å². The third-order valence-electron chi connectivity index (χ3n) is 4.62. The van der Waals surface area contributed by atoms with Crippen LogP contribution in [0.3, 0.4) is 0 Å². The molecular weight excluding hydrogens is 262 g/mol. The van der Waals surface area contributed by atoms with Crippen LogP contribution >= 0.6 is 0 Å². The van der Waals surface area contributed by atoms with E-state index in [2.05, 4.69) is 35.2 Å². The van der Waals surface area contributed by atoms with Gasteiger partial charge in [0, 0.05) is 31.7 Å². The first-order valence-electron chi connectivity index (χ1n) is 8.05. The average Bonchev–Trinajstić information content (AvgIpc) is 3.38. The van der Waals surface area contributed by atoms with Crippen molar-refractivity contribution in [2.75, 3.05) is 19.6 Å². The summed E-state index contributed by atoms with van der Waals surface area (Å²) in [5, 5.41) is 0. The number of hydrogen-bond acceptors (Lipinski definition) is 3. The molecule has 4 heteroatoms. The Morgan fingerprint density at radius 3 is 2.62 bits per heavy atom. The molecule has 114 valence electrons. The molecule has 0 aromatic heterocycles. The summed E-state index contributed by atoms with van der Waals surface area (Å²) in [7, 11) is 0. The number of carbonyl (C=O) groups is 1. The molecule has 1 aromatic rings. The molecule has 1 saturated heterocycles. The van der Waals surface area contributed by atoms with Gasteiger partial charge in [-0.3, -0.25) is 9.69 Å². The lowest BCUT2D eigenvalue weighted by atomic mass is 10.0. The number of hydrogen-bond donors (Lipinski definition) is 1. The highest BCUT2D eigenvalue weighted by atomic mass is 16.2. The Kier molecular flexibility index (Phi) is 4.56. The Bertz CT molecular complexity index is 472. The van der Waals surface area contributed by atoms with E-state index in [-0.39, 0.29) is 12.5 Å². The first kappa shape index (κ1) is 14.5. The zero-order chi connectivity index (χ0) is 14.7. The quantitative estimate of drug-likeness (QED) is 0.895. The minimum absolute atomic E-state index is 0.0927. The SMILES string of the molecule is NCC(=O)N1CCCC(N(Cc2ccccc2)C2CC2)C1. The Morgan fingerprint density at radius 1 is 1.19 bits per heavy atom. The number of nitrogens with zero attached hydrogens (tertiary/aromatic N) is 2. The average molecular weight is 287 g/mol. The zero-order valence-electron chi connectivity index (χ0n) is 12.6. The van der Waals surface area contributed by atoms with Gasteiger partial charge in [-0.2, -0.15) is 0 Å². The second-order valence-corrected chi connectivity index (χ2v) is 6.23. The number of likely N-dealkylation sites (tertiary alicyclic amines) is 1. The second-order valence-electron chi connectivity index (χ2n) is 6.23. The third kappa shape index (κ3) is 3.63. The first-order valence-corrected chi connectivity index (χ1v) is 8.05. The fraction of sp³-hybridized carbons (Fsp3) is 0.588. The molecule has 1 unspecified atom stereocenters. The second kappa shape index (κ2) is 6.58. The van der Waals surface area contributed by atoms with Crippen LogP contribution in [-0.2, 0) is 11.3 Å². The third-order valence-corrected chi connectivity index (χ3v) is 4.62. The summed E-state index contributed by atoms with van der Waals surface area (Å²) in [6, 6.07) is 11.9. The molecule has 2 fully saturated rings. The van der Waals surface area contributed by atoms with Gasteiger partial charge in [-0.1, -0.05) is 30.3 Å². The summed E-state index contributed by atoms with van der Waals surface area (Å²) in [4.78, 5) is 16.4.